The molecule has 1 saturated carbocycles. The molecule has 0 bridgehead atoms. The lowest BCUT2D eigenvalue weighted by Gasteiger charge is -2.28. The van der Waals surface area contributed by atoms with Crippen LogP contribution >= 0.6 is 0 Å². The quantitative estimate of drug-likeness (QED) is 0.740. The minimum Gasteiger partial charge on any atom is -0.397 e. The van der Waals surface area contributed by atoms with Gasteiger partial charge in [0.2, 0.25) is 0 Å². The summed E-state index contributed by atoms with van der Waals surface area (Å²) < 4.78 is 0. The van der Waals surface area contributed by atoms with Gasteiger partial charge in [-0.1, -0.05) is 6.92 Å². The van der Waals surface area contributed by atoms with E-state index in [0.717, 1.165) is 11.6 Å². The van der Waals surface area contributed by atoms with Crippen LogP contribution in [0.4, 0.5) is 11.4 Å². The van der Waals surface area contributed by atoms with Gasteiger partial charge in [-0.3, -0.25) is 4.79 Å². The van der Waals surface area contributed by atoms with Crippen molar-refractivity contribution in [2.75, 3.05) is 17.6 Å². The van der Waals surface area contributed by atoms with Gasteiger partial charge in [0.1, 0.15) is 0 Å². The highest BCUT2D eigenvalue weighted by Gasteiger charge is 2.19. The molecule has 0 aliphatic heterocycles. The van der Waals surface area contributed by atoms with Gasteiger partial charge in [-0.2, -0.15) is 0 Å². The van der Waals surface area contributed by atoms with Crippen LogP contribution in [0.5, 0.6) is 0 Å². The third-order valence-corrected chi connectivity index (χ3v) is 4.03. The second-order valence-corrected chi connectivity index (χ2v) is 5.76. The second kappa shape index (κ2) is 6.64. The van der Waals surface area contributed by atoms with Crippen LogP contribution in [0, 0.1) is 5.92 Å². The zero-order chi connectivity index (χ0) is 14.5. The van der Waals surface area contributed by atoms with E-state index in [1.807, 2.05) is 13.0 Å². The maximum absolute atomic E-state index is 11.9. The van der Waals surface area contributed by atoms with Crippen LogP contribution in [0.2, 0.25) is 0 Å². The van der Waals surface area contributed by atoms with Gasteiger partial charge in [-0.15, -0.1) is 0 Å². The summed E-state index contributed by atoms with van der Waals surface area (Å²) in [4.78, 5) is 11.9. The van der Waals surface area contributed by atoms with E-state index in [9.17, 15) is 4.79 Å². The predicted octanol–water partition coefficient (Wildman–Crippen LogP) is 3.01. The molecule has 110 valence electrons. The van der Waals surface area contributed by atoms with Gasteiger partial charge in [0.05, 0.1) is 11.4 Å². The van der Waals surface area contributed by atoms with Crippen molar-refractivity contribution in [3.63, 3.8) is 0 Å². The topological polar surface area (TPSA) is 67.2 Å². The average molecular weight is 275 g/mol. The molecule has 1 aliphatic carbocycles. The number of amides is 1. The lowest BCUT2D eigenvalue weighted by atomic mass is 9.87. The van der Waals surface area contributed by atoms with E-state index in [4.69, 9.17) is 5.73 Å². The van der Waals surface area contributed by atoms with Crippen molar-refractivity contribution in [2.45, 2.75) is 45.6 Å². The van der Waals surface area contributed by atoms with Crippen molar-refractivity contribution in [2.24, 2.45) is 5.92 Å². The molecule has 1 amide bonds. The monoisotopic (exact) mass is 275 g/mol. The molecule has 0 heterocycles. The molecule has 1 aromatic rings. The van der Waals surface area contributed by atoms with E-state index in [1.54, 1.807) is 12.1 Å². The molecule has 0 aromatic heterocycles. The number of nitrogens with two attached hydrogens (primary N) is 1. The standard InChI is InChI=1S/C16H25N3O/c1-3-18-16(20)12-6-9-14(17)15(10-12)19-13-7-4-11(2)5-8-13/h6,9-11,13,19H,3-5,7-8,17H2,1-2H3,(H,18,20). The van der Waals surface area contributed by atoms with E-state index in [1.165, 1.54) is 25.7 Å². The van der Waals surface area contributed by atoms with Gasteiger partial charge in [-0.25, -0.2) is 0 Å². The van der Waals surface area contributed by atoms with Crippen molar-refractivity contribution >= 4 is 17.3 Å². The fraction of sp³-hybridized carbons (Fsp3) is 0.562. The SMILES string of the molecule is CCNC(=O)c1ccc(N)c(NC2CCC(C)CC2)c1. The Morgan fingerprint density at radius 3 is 2.65 bits per heavy atom. The Morgan fingerprint density at radius 2 is 2.00 bits per heavy atom. The summed E-state index contributed by atoms with van der Waals surface area (Å²) in [6.45, 7) is 4.85. The highest BCUT2D eigenvalue weighted by molar-refractivity contribution is 5.96. The summed E-state index contributed by atoms with van der Waals surface area (Å²) >= 11 is 0. The minimum absolute atomic E-state index is 0.0483. The predicted molar refractivity (Wildman–Crippen MR) is 83.9 cm³/mol. The summed E-state index contributed by atoms with van der Waals surface area (Å²) in [5.41, 5.74) is 8.26. The third-order valence-electron chi connectivity index (χ3n) is 4.03. The van der Waals surface area contributed by atoms with E-state index in [-0.39, 0.29) is 5.91 Å². The Kier molecular flexibility index (Phi) is 4.88. The molecule has 0 saturated heterocycles. The number of anilines is 2. The van der Waals surface area contributed by atoms with Crippen LogP contribution in [-0.4, -0.2) is 18.5 Å². The van der Waals surface area contributed by atoms with Crippen LogP contribution in [0.15, 0.2) is 18.2 Å². The molecule has 4 heteroatoms. The molecular formula is C16H25N3O. The first kappa shape index (κ1) is 14.7. The lowest BCUT2D eigenvalue weighted by molar-refractivity contribution is 0.0956. The van der Waals surface area contributed by atoms with Gasteiger partial charge >= 0.3 is 0 Å². The molecule has 0 spiro atoms. The molecule has 4 nitrogen and oxygen atoms in total. The Labute approximate surface area is 121 Å². The van der Waals surface area contributed by atoms with Gasteiger partial charge in [0.25, 0.3) is 5.91 Å². The number of carbonyl (C=O) groups is 1. The number of benzene rings is 1. The van der Waals surface area contributed by atoms with Crippen molar-refractivity contribution < 1.29 is 4.79 Å². The number of rotatable bonds is 4. The molecule has 2 rings (SSSR count). The first-order valence-electron chi connectivity index (χ1n) is 7.54. The zero-order valence-electron chi connectivity index (χ0n) is 12.4. The van der Waals surface area contributed by atoms with Crippen LogP contribution in [0.25, 0.3) is 0 Å². The second-order valence-electron chi connectivity index (χ2n) is 5.76. The highest BCUT2D eigenvalue weighted by atomic mass is 16.1. The van der Waals surface area contributed by atoms with Crippen LogP contribution in [0.3, 0.4) is 0 Å². The van der Waals surface area contributed by atoms with Crippen molar-refractivity contribution in [1.29, 1.82) is 0 Å². The molecule has 0 radical (unpaired) electrons. The maximum Gasteiger partial charge on any atom is 0.251 e. The maximum atomic E-state index is 11.9. The summed E-state index contributed by atoms with van der Waals surface area (Å²) in [7, 11) is 0. The molecule has 0 unspecified atom stereocenters. The van der Waals surface area contributed by atoms with E-state index >= 15 is 0 Å². The Balaban J connectivity index is 2.06. The normalized spacial score (nSPS) is 22.3. The van der Waals surface area contributed by atoms with Gasteiger partial charge < -0.3 is 16.4 Å². The smallest absolute Gasteiger partial charge is 0.251 e. The van der Waals surface area contributed by atoms with E-state index < -0.39 is 0 Å². The molecule has 1 fully saturated rings. The van der Waals surface area contributed by atoms with Crippen LogP contribution < -0.4 is 16.4 Å². The number of nitrogen functional groups attached to an aromatic ring is 1. The Bertz CT molecular complexity index is 465. The van der Waals surface area contributed by atoms with E-state index in [0.29, 0.717) is 23.8 Å². The van der Waals surface area contributed by atoms with Crippen molar-refractivity contribution in [3.05, 3.63) is 23.8 Å². The number of hydrogen-bond donors (Lipinski definition) is 3. The summed E-state index contributed by atoms with van der Waals surface area (Å²) in [5.74, 6) is 0.778. The summed E-state index contributed by atoms with van der Waals surface area (Å²) in [5, 5.41) is 6.31. The number of hydrogen-bond acceptors (Lipinski definition) is 3. The zero-order valence-corrected chi connectivity index (χ0v) is 12.4. The number of nitrogens with one attached hydrogen (secondary N) is 2. The van der Waals surface area contributed by atoms with Crippen molar-refractivity contribution in [1.82, 2.24) is 5.32 Å². The molecular weight excluding hydrogens is 250 g/mol. The molecule has 1 aliphatic rings. The van der Waals surface area contributed by atoms with Crippen LogP contribution in [-0.2, 0) is 0 Å². The van der Waals surface area contributed by atoms with Crippen molar-refractivity contribution in [3.8, 4) is 0 Å². The first-order valence-corrected chi connectivity index (χ1v) is 7.54. The van der Waals surface area contributed by atoms with Crippen LogP contribution in [0.1, 0.15) is 49.9 Å². The fourth-order valence-corrected chi connectivity index (χ4v) is 2.71. The van der Waals surface area contributed by atoms with E-state index in [2.05, 4.69) is 17.6 Å². The summed E-state index contributed by atoms with van der Waals surface area (Å²) in [6, 6.07) is 5.91. The first-order chi connectivity index (χ1) is 9.60. The molecule has 1 aromatic carbocycles. The highest BCUT2D eigenvalue weighted by Crippen LogP contribution is 2.28. The molecule has 4 N–H and O–H groups in total. The van der Waals surface area contributed by atoms with Gasteiger partial charge in [0.15, 0.2) is 0 Å². The third kappa shape index (κ3) is 3.65. The molecule has 0 atom stereocenters. The minimum atomic E-state index is -0.0483. The van der Waals surface area contributed by atoms with Gasteiger partial charge in [0, 0.05) is 18.2 Å². The number of carbonyl (C=O) groups excluding carboxylic acids is 1. The molecule has 20 heavy (non-hydrogen) atoms. The van der Waals surface area contributed by atoms with Gasteiger partial charge in [-0.05, 0) is 56.7 Å². The Morgan fingerprint density at radius 1 is 1.30 bits per heavy atom. The lowest BCUT2D eigenvalue weighted by Crippen LogP contribution is -2.26. The Hall–Kier alpha value is -1.71. The average Bonchev–Trinajstić information content (AvgIpc) is 2.44. The summed E-state index contributed by atoms with van der Waals surface area (Å²) in [6.07, 6.45) is 4.86. The largest absolute Gasteiger partial charge is 0.397 e. The fourth-order valence-electron chi connectivity index (χ4n) is 2.71.